The van der Waals surface area contributed by atoms with Gasteiger partial charge in [-0.15, -0.1) is 0 Å². The second kappa shape index (κ2) is 8.89. The Morgan fingerprint density at radius 2 is 2.06 bits per heavy atom. The largest absolute Gasteiger partial charge is 0.395 e. The molecule has 0 aromatic heterocycles. The fraction of sp³-hybridized carbons (Fsp3) is 1.00. The van der Waals surface area contributed by atoms with Crippen LogP contribution in [0.3, 0.4) is 0 Å². The van der Waals surface area contributed by atoms with Crippen molar-refractivity contribution in [1.29, 1.82) is 0 Å². The molecule has 0 spiro atoms. The molecular formula is C15H32N2O. The summed E-state index contributed by atoms with van der Waals surface area (Å²) in [5, 5.41) is 12.6. The number of hydrogen-bond donors (Lipinski definition) is 2. The van der Waals surface area contributed by atoms with Gasteiger partial charge in [0, 0.05) is 6.04 Å². The second-order valence-corrected chi connectivity index (χ2v) is 6.00. The molecule has 18 heavy (non-hydrogen) atoms. The summed E-state index contributed by atoms with van der Waals surface area (Å²) in [4.78, 5) is 2.59. The van der Waals surface area contributed by atoms with E-state index in [9.17, 15) is 5.11 Å². The molecule has 0 saturated carbocycles. The van der Waals surface area contributed by atoms with Gasteiger partial charge in [0.05, 0.1) is 6.61 Å². The average Bonchev–Trinajstić information content (AvgIpc) is 2.60. The highest BCUT2D eigenvalue weighted by Gasteiger charge is 2.19. The predicted octanol–water partition coefficient (Wildman–Crippen LogP) is 2.10. The highest BCUT2D eigenvalue weighted by atomic mass is 16.3. The van der Waals surface area contributed by atoms with E-state index >= 15 is 0 Å². The molecular weight excluding hydrogens is 224 g/mol. The molecule has 2 atom stereocenters. The molecule has 1 rings (SSSR count). The first-order valence-electron chi connectivity index (χ1n) is 7.74. The summed E-state index contributed by atoms with van der Waals surface area (Å²) < 4.78 is 0. The van der Waals surface area contributed by atoms with Gasteiger partial charge < -0.3 is 15.3 Å². The van der Waals surface area contributed by atoms with E-state index in [4.69, 9.17) is 0 Å². The number of likely N-dealkylation sites (tertiary alicyclic amines) is 1. The van der Waals surface area contributed by atoms with Crippen LogP contribution in [-0.2, 0) is 0 Å². The molecule has 0 aromatic rings. The Bertz CT molecular complexity index is 209. The summed E-state index contributed by atoms with van der Waals surface area (Å²) in [7, 11) is 0. The van der Waals surface area contributed by atoms with E-state index in [-0.39, 0.29) is 12.6 Å². The van der Waals surface area contributed by atoms with Gasteiger partial charge in [-0.3, -0.25) is 0 Å². The lowest BCUT2D eigenvalue weighted by molar-refractivity contribution is 0.207. The van der Waals surface area contributed by atoms with Crippen molar-refractivity contribution in [3.05, 3.63) is 0 Å². The Morgan fingerprint density at radius 1 is 1.28 bits per heavy atom. The molecule has 0 radical (unpaired) electrons. The lowest BCUT2D eigenvalue weighted by Crippen LogP contribution is -2.37. The molecule has 0 aromatic carbocycles. The highest BCUT2D eigenvalue weighted by molar-refractivity contribution is 4.74. The zero-order chi connectivity index (χ0) is 13.4. The molecule has 1 saturated heterocycles. The van der Waals surface area contributed by atoms with E-state index in [2.05, 4.69) is 31.0 Å². The van der Waals surface area contributed by atoms with Crippen molar-refractivity contribution < 1.29 is 5.11 Å². The van der Waals surface area contributed by atoms with Gasteiger partial charge in [-0.2, -0.15) is 0 Å². The van der Waals surface area contributed by atoms with Crippen LogP contribution in [0.25, 0.3) is 0 Å². The zero-order valence-corrected chi connectivity index (χ0v) is 12.5. The maximum absolute atomic E-state index is 9.28. The van der Waals surface area contributed by atoms with Gasteiger partial charge in [-0.25, -0.2) is 0 Å². The van der Waals surface area contributed by atoms with E-state index in [0.717, 1.165) is 31.3 Å². The van der Waals surface area contributed by atoms with Crippen LogP contribution in [0.15, 0.2) is 0 Å². The maximum atomic E-state index is 9.28. The van der Waals surface area contributed by atoms with E-state index in [1.807, 2.05) is 0 Å². The molecule has 2 unspecified atom stereocenters. The summed E-state index contributed by atoms with van der Waals surface area (Å²) in [6.07, 6.45) is 5.15. The summed E-state index contributed by atoms with van der Waals surface area (Å²) in [5.41, 5.74) is 0. The molecule has 3 nitrogen and oxygen atoms in total. The first kappa shape index (κ1) is 15.9. The quantitative estimate of drug-likeness (QED) is 0.732. The number of nitrogens with zero attached hydrogens (tertiary/aromatic N) is 1. The van der Waals surface area contributed by atoms with Gasteiger partial charge in [-0.05, 0) is 63.7 Å². The normalized spacial score (nSPS) is 24.2. The van der Waals surface area contributed by atoms with Crippen molar-refractivity contribution in [1.82, 2.24) is 10.2 Å². The minimum Gasteiger partial charge on any atom is -0.395 e. The summed E-state index contributed by atoms with van der Waals surface area (Å²) >= 11 is 0. The van der Waals surface area contributed by atoms with E-state index in [0.29, 0.717) is 0 Å². The van der Waals surface area contributed by atoms with E-state index < -0.39 is 0 Å². The van der Waals surface area contributed by atoms with Gasteiger partial charge in [0.1, 0.15) is 0 Å². The molecule has 2 N–H and O–H groups in total. The predicted molar refractivity (Wildman–Crippen MR) is 77.8 cm³/mol. The van der Waals surface area contributed by atoms with Crippen LogP contribution in [0.2, 0.25) is 0 Å². The molecule has 0 bridgehead atoms. The van der Waals surface area contributed by atoms with Crippen molar-refractivity contribution in [2.24, 2.45) is 11.8 Å². The van der Waals surface area contributed by atoms with Crippen molar-refractivity contribution in [3.63, 3.8) is 0 Å². The Balaban J connectivity index is 2.26. The standard InChI is InChI=1S/C15H32N2O/c1-4-16-15(12-18)8-11-17-9-5-6-14(7-10-17)13(2)3/h13-16,18H,4-12H2,1-3H3. The van der Waals surface area contributed by atoms with Crippen LogP contribution < -0.4 is 5.32 Å². The highest BCUT2D eigenvalue weighted by Crippen LogP contribution is 2.24. The molecule has 0 aliphatic carbocycles. The summed E-state index contributed by atoms with van der Waals surface area (Å²) in [5.74, 6) is 1.74. The number of aliphatic hydroxyl groups excluding tert-OH is 1. The first-order chi connectivity index (χ1) is 8.67. The molecule has 1 aliphatic heterocycles. The molecule has 3 heteroatoms. The van der Waals surface area contributed by atoms with E-state index in [1.165, 1.54) is 32.4 Å². The Labute approximate surface area is 113 Å². The third-order valence-corrected chi connectivity index (χ3v) is 4.32. The number of hydrogen-bond acceptors (Lipinski definition) is 3. The van der Waals surface area contributed by atoms with Gasteiger partial charge in [-0.1, -0.05) is 20.8 Å². The molecule has 1 fully saturated rings. The maximum Gasteiger partial charge on any atom is 0.0585 e. The van der Waals surface area contributed by atoms with Crippen molar-refractivity contribution in [2.75, 3.05) is 32.8 Å². The number of nitrogens with one attached hydrogen (secondary N) is 1. The molecule has 1 heterocycles. The number of rotatable bonds is 7. The van der Waals surface area contributed by atoms with Crippen LogP contribution in [0.4, 0.5) is 0 Å². The number of likely N-dealkylation sites (N-methyl/N-ethyl adjacent to an activating group) is 1. The SMILES string of the molecule is CCNC(CO)CCN1CCCC(C(C)C)CC1. The molecule has 1 aliphatic rings. The summed E-state index contributed by atoms with van der Waals surface area (Å²) in [6, 6.07) is 0.277. The topological polar surface area (TPSA) is 35.5 Å². The van der Waals surface area contributed by atoms with Crippen molar-refractivity contribution >= 4 is 0 Å². The lowest BCUT2D eigenvalue weighted by atomic mass is 9.89. The third kappa shape index (κ3) is 5.68. The third-order valence-electron chi connectivity index (χ3n) is 4.32. The van der Waals surface area contributed by atoms with Crippen LogP contribution >= 0.6 is 0 Å². The average molecular weight is 256 g/mol. The van der Waals surface area contributed by atoms with E-state index in [1.54, 1.807) is 0 Å². The van der Waals surface area contributed by atoms with Crippen LogP contribution in [-0.4, -0.2) is 48.8 Å². The van der Waals surface area contributed by atoms with Gasteiger partial charge >= 0.3 is 0 Å². The smallest absolute Gasteiger partial charge is 0.0585 e. The zero-order valence-electron chi connectivity index (χ0n) is 12.5. The van der Waals surface area contributed by atoms with Crippen molar-refractivity contribution in [2.45, 2.75) is 52.5 Å². The fourth-order valence-corrected chi connectivity index (χ4v) is 2.96. The molecule has 108 valence electrons. The van der Waals surface area contributed by atoms with Crippen LogP contribution in [0, 0.1) is 11.8 Å². The Morgan fingerprint density at radius 3 is 2.67 bits per heavy atom. The monoisotopic (exact) mass is 256 g/mol. The Hall–Kier alpha value is -0.120. The van der Waals surface area contributed by atoms with Crippen LogP contribution in [0.1, 0.15) is 46.5 Å². The minimum absolute atomic E-state index is 0.260. The summed E-state index contributed by atoms with van der Waals surface area (Å²) in [6.45, 7) is 11.6. The van der Waals surface area contributed by atoms with Gasteiger partial charge in [0.25, 0.3) is 0 Å². The van der Waals surface area contributed by atoms with Gasteiger partial charge in [0.15, 0.2) is 0 Å². The van der Waals surface area contributed by atoms with Crippen LogP contribution in [0.5, 0.6) is 0 Å². The lowest BCUT2D eigenvalue weighted by Gasteiger charge is -2.23. The van der Waals surface area contributed by atoms with Crippen molar-refractivity contribution in [3.8, 4) is 0 Å². The van der Waals surface area contributed by atoms with Gasteiger partial charge in [0.2, 0.25) is 0 Å². The minimum atomic E-state index is 0.260. The number of aliphatic hydroxyl groups is 1. The Kier molecular flexibility index (Phi) is 7.87. The molecule has 0 amide bonds. The fourth-order valence-electron chi connectivity index (χ4n) is 2.96. The second-order valence-electron chi connectivity index (χ2n) is 6.00. The first-order valence-corrected chi connectivity index (χ1v) is 7.74.